The molecule has 0 fully saturated rings. The molecule has 1 amide bonds. The molecule has 0 bridgehead atoms. The van der Waals surface area contributed by atoms with Crippen LogP contribution in [-0.2, 0) is 0 Å². The van der Waals surface area contributed by atoms with Gasteiger partial charge in [-0.1, -0.05) is 12.1 Å². The summed E-state index contributed by atoms with van der Waals surface area (Å²) in [4.78, 5) is 12.4. The van der Waals surface area contributed by atoms with Gasteiger partial charge in [0.25, 0.3) is 5.91 Å². The summed E-state index contributed by atoms with van der Waals surface area (Å²) >= 11 is 1.34. The van der Waals surface area contributed by atoms with Crippen molar-refractivity contribution < 1.29 is 14.3 Å². The highest BCUT2D eigenvalue weighted by molar-refractivity contribution is 7.12. The number of ether oxygens (including phenoxy) is 2. The van der Waals surface area contributed by atoms with E-state index < -0.39 is 0 Å². The van der Waals surface area contributed by atoms with Crippen LogP contribution in [0.25, 0.3) is 0 Å². The number of benzene rings is 1. The summed E-state index contributed by atoms with van der Waals surface area (Å²) in [5, 5.41) is 4.56. The molecule has 0 unspecified atom stereocenters. The molecule has 6 heteroatoms. The van der Waals surface area contributed by atoms with Crippen molar-refractivity contribution in [3.63, 3.8) is 0 Å². The second-order valence-electron chi connectivity index (χ2n) is 3.99. The van der Waals surface area contributed by atoms with Crippen LogP contribution in [0.2, 0.25) is 0 Å². The Morgan fingerprint density at radius 3 is 2.90 bits per heavy atom. The Hall–Kier alpha value is -2.21. The third-order valence-electron chi connectivity index (χ3n) is 2.60. The van der Waals surface area contributed by atoms with Crippen LogP contribution < -0.4 is 20.5 Å². The van der Waals surface area contributed by atoms with E-state index in [1.54, 1.807) is 30.7 Å². The SMILES string of the molecule is COc1csc(C(=O)NCCOc2ccccc2N)c1. The molecule has 2 aromatic rings. The molecule has 5 nitrogen and oxygen atoms in total. The lowest BCUT2D eigenvalue weighted by Gasteiger charge is -2.08. The molecule has 0 saturated carbocycles. The first-order valence-corrected chi connectivity index (χ1v) is 6.96. The van der Waals surface area contributed by atoms with Crippen molar-refractivity contribution >= 4 is 22.9 Å². The number of amides is 1. The van der Waals surface area contributed by atoms with E-state index >= 15 is 0 Å². The number of para-hydroxylation sites is 2. The monoisotopic (exact) mass is 292 g/mol. The summed E-state index contributed by atoms with van der Waals surface area (Å²) in [5.74, 6) is 1.18. The summed E-state index contributed by atoms with van der Waals surface area (Å²) in [6.45, 7) is 0.774. The molecule has 0 aliphatic heterocycles. The summed E-state index contributed by atoms with van der Waals surface area (Å²) in [6, 6.07) is 8.96. The van der Waals surface area contributed by atoms with Gasteiger partial charge in [-0.25, -0.2) is 0 Å². The van der Waals surface area contributed by atoms with Crippen LogP contribution in [0.5, 0.6) is 11.5 Å². The predicted octanol–water partition coefficient (Wildman–Crippen LogP) is 2.15. The van der Waals surface area contributed by atoms with Crippen LogP contribution in [0.1, 0.15) is 9.67 Å². The Bertz CT molecular complexity index is 583. The Labute approximate surface area is 121 Å². The fourth-order valence-electron chi connectivity index (χ4n) is 1.57. The van der Waals surface area contributed by atoms with Gasteiger partial charge in [-0.2, -0.15) is 0 Å². The molecule has 3 N–H and O–H groups in total. The van der Waals surface area contributed by atoms with Gasteiger partial charge in [-0.05, 0) is 12.1 Å². The van der Waals surface area contributed by atoms with E-state index in [0.717, 1.165) is 0 Å². The molecule has 2 rings (SSSR count). The maximum Gasteiger partial charge on any atom is 0.261 e. The molecule has 106 valence electrons. The van der Waals surface area contributed by atoms with Gasteiger partial charge in [0.1, 0.15) is 18.1 Å². The van der Waals surface area contributed by atoms with Gasteiger partial charge in [0, 0.05) is 11.4 Å². The molecule has 0 saturated heterocycles. The van der Waals surface area contributed by atoms with E-state index in [1.165, 1.54) is 11.3 Å². The Kier molecular flexibility index (Phi) is 4.84. The number of carbonyl (C=O) groups is 1. The van der Waals surface area contributed by atoms with E-state index in [2.05, 4.69) is 5.32 Å². The zero-order valence-corrected chi connectivity index (χ0v) is 11.9. The van der Waals surface area contributed by atoms with E-state index in [4.69, 9.17) is 15.2 Å². The average Bonchev–Trinajstić information content (AvgIpc) is 2.94. The third-order valence-corrected chi connectivity index (χ3v) is 3.51. The van der Waals surface area contributed by atoms with Crippen molar-refractivity contribution in [2.24, 2.45) is 0 Å². The summed E-state index contributed by atoms with van der Waals surface area (Å²) in [7, 11) is 1.57. The van der Waals surface area contributed by atoms with E-state index in [0.29, 0.717) is 35.2 Å². The molecule has 0 spiro atoms. The minimum absolute atomic E-state index is 0.136. The van der Waals surface area contributed by atoms with Crippen LogP contribution in [-0.4, -0.2) is 26.2 Å². The summed E-state index contributed by atoms with van der Waals surface area (Å²) in [6.07, 6.45) is 0. The lowest BCUT2D eigenvalue weighted by Crippen LogP contribution is -2.27. The molecule has 0 aliphatic carbocycles. The lowest BCUT2D eigenvalue weighted by molar-refractivity contribution is 0.0951. The molecular formula is C14H16N2O3S. The number of carbonyl (C=O) groups excluding carboxylic acids is 1. The zero-order chi connectivity index (χ0) is 14.4. The number of methoxy groups -OCH3 is 1. The van der Waals surface area contributed by atoms with Gasteiger partial charge in [0.2, 0.25) is 0 Å². The summed E-state index contributed by atoms with van der Waals surface area (Å²) in [5.41, 5.74) is 6.33. The van der Waals surface area contributed by atoms with Crippen LogP contribution in [0, 0.1) is 0 Å². The van der Waals surface area contributed by atoms with Crippen LogP contribution in [0.3, 0.4) is 0 Å². The maximum atomic E-state index is 11.8. The second-order valence-corrected chi connectivity index (χ2v) is 4.90. The van der Waals surface area contributed by atoms with E-state index in [9.17, 15) is 4.79 Å². The first kappa shape index (κ1) is 14.2. The quantitative estimate of drug-likeness (QED) is 0.632. The van der Waals surface area contributed by atoms with E-state index in [-0.39, 0.29) is 5.91 Å². The van der Waals surface area contributed by atoms with Gasteiger partial charge < -0.3 is 20.5 Å². The number of anilines is 1. The fraction of sp³-hybridized carbons (Fsp3) is 0.214. The van der Waals surface area contributed by atoms with Crippen molar-refractivity contribution in [2.45, 2.75) is 0 Å². The number of hydrogen-bond acceptors (Lipinski definition) is 5. The van der Waals surface area contributed by atoms with Crippen LogP contribution >= 0.6 is 11.3 Å². The van der Waals surface area contributed by atoms with Crippen molar-refractivity contribution in [2.75, 3.05) is 26.0 Å². The van der Waals surface area contributed by atoms with Crippen molar-refractivity contribution in [1.29, 1.82) is 0 Å². The van der Waals surface area contributed by atoms with Gasteiger partial charge in [-0.3, -0.25) is 4.79 Å². The van der Waals surface area contributed by atoms with Crippen molar-refractivity contribution in [1.82, 2.24) is 5.32 Å². The summed E-state index contributed by atoms with van der Waals surface area (Å²) < 4.78 is 10.5. The predicted molar refractivity (Wildman–Crippen MR) is 79.6 cm³/mol. The minimum Gasteiger partial charge on any atom is -0.496 e. The molecule has 0 atom stereocenters. The lowest BCUT2D eigenvalue weighted by atomic mass is 10.3. The smallest absolute Gasteiger partial charge is 0.261 e. The molecule has 1 heterocycles. The van der Waals surface area contributed by atoms with Crippen molar-refractivity contribution in [3.05, 3.63) is 40.6 Å². The largest absolute Gasteiger partial charge is 0.496 e. The second kappa shape index (κ2) is 6.81. The number of rotatable bonds is 6. The number of thiophene rings is 1. The molecule has 0 aliphatic rings. The molecule has 20 heavy (non-hydrogen) atoms. The highest BCUT2D eigenvalue weighted by Gasteiger charge is 2.08. The maximum absolute atomic E-state index is 11.8. The highest BCUT2D eigenvalue weighted by Crippen LogP contribution is 2.21. The standard InChI is InChI=1S/C14H16N2O3S/c1-18-10-8-13(20-9-10)14(17)16-6-7-19-12-5-3-2-4-11(12)15/h2-5,8-9H,6-7,15H2,1H3,(H,16,17). The fourth-order valence-corrected chi connectivity index (χ4v) is 2.34. The van der Waals surface area contributed by atoms with E-state index in [1.807, 2.05) is 12.1 Å². The first-order valence-electron chi connectivity index (χ1n) is 6.08. The molecular weight excluding hydrogens is 276 g/mol. The average molecular weight is 292 g/mol. The Balaban J connectivity index is 1.76. The normalized spacial score (nSPS) is 10.1. The minimum atomic E-state index is -0.136. The number of hydrogen-bond donors (Lipinski definition) is 2. The van der Waals surface area contributed by atoms with Gasteiger partial charge in [0.15, 0.2) is 0 Å². The zero-order valence-electron chi connectivity index (χ0n) is 11.1. The molecule has 1 aromatic carbocycles. The molecule has 1 aromatic heterocycles. The van der Waals surface area contributed by atoms with Gasteiger partial charge in [0.05, 0.1) is 24.2 Å². The Morgan fingerprint density at radius 2 is 2.20 bits per heavy atom. The van der Waals surface area contributed by atoms with Crippen LogP contribution in [0.15, 0.2) is 35.7 Å². The number of nitrogens with one attached hydrogen (secondary N) is 1. The van der Waals surface area contributed by atoms with Gasteiger partial charge in [-0.15, -0.1) is 11.3 Å². The van der Waals surface area contributed by atoms with Crippen molar-refractivity contribution in [3.8, 4) is 11.5 Å². The number of nitrogen functional groups attached to an aromatic ring is 1. The first-order chi connectivity index (χ1) is 9.70. The molecule has 0 radical (unpaired) electrons. The topological polar surface area (TPSA) is 73.6 Å². The van der Waals surface area contributed by atoms with Gasteiger partial charge >= 0.3 is 0 Å². The third kappa shape index (κ3) is 3.64. The highest BCUT2D eigenvalue weighted by atomic mass is 32.1. The van der Waals surface area contributed by atoms with Crippen LogP contribution in [0.4, 0.5) is 5.69 Å². The Morgan fingerprint density at radius 1 is 1.40 bits per heavy atom. The number of nitrogens with two attached hydrogens (primary N) is 1.